The number of rotatable bonds is 31. The number of amides is 3. The van der Waals surface area contributed by atoms with E-state index in [0.29, 0.717) is 17.8 Å². The van der Waals surface area contributed by atoms with Gasteiger partial charge >= 0.3 is 0 Å². The van der Waals surface area contributed by atoms with Crippen LogP contribution in [0, 0.1) is 17.8 Å². The van der Waals surface area contributed by atoms with E-state index in [1.54, 1.807) is 40.1 Å². The second-order valence-electron chi connectivity index (χ2n) is 15.7. The van der Waals surface area contributed by atoms with Crippen LogP contribution in [0.2, 0.25) is 0 Å². The molecule has 55 heavy (non-hydrogen) atoms. The molecule has 0 fully saturated rings. The number of ketones is 3. The van der Waals surface area contributed by atoms with Crippen LogP contribution in [0.25, 0.3) is 0 Å². The van der Waals surface area contributed by atoms with E-state index in [-0.39, 0.29) is 54.9 Å². The van der Waals surface area contributed by atoms with Crippen LogP contribution in [0.4, 0.5) is 0 Å². The maximum Gasteiger partial charge on any atom is 0.224 e. The second kappa shape index (κ2) is 26.6. The van der Waals surface area contributed by atoms with Crippen LogP contribution < -0.4 is 16.0 Å². The van der Waals surface area contributed by atoms with E-state index in [2.05, 4.69) is 42.8 Å². The Balaban J connectivity index is 1.91. The smallest absolute Gasteiger partial charge is 0.224 e. The summed E-state index contributed by atoms with van der Waals surface area (Å²) in [6.07, 6.45) is 22.3. The van der Waals surface area contributed by atoms with Crippen LogP contribution in [0.5, 0.6) is 0 Å². The van der Waals surface area contributed by atoms with Gasteiger partial charge in [-0.15, -0.1) is 0 Å². The standard InChI is InChI=1S/C42H69N7O6/c1-7-8-9-10-11-12-13-14-15-16-17-18-19-20-39(53)48-36(24-35-26-44-28-46-35)37(51)21-30(4)41(54)49-40(29(2)3)38(52)23-33(22-34-25-43-27-45-34)42(55)47-31(5)32(6)50/h25-31,33,36,40H,7-24H2,1-6H3,(H,43,45)(H,44,46)(H,47,55)(H,48,53)(H,49,54)/t30-,31+,33-,36-,40+/m1/s1. The van der Waals surface area contributed by atoms with Crippen molar-refractivity contribution in [1.82, 2.24) is 35.9 Å². The highest BCUT2D eigenvalue weighted by Crippen LogP contribution is 2.18. The van der Waals surface area contributed by atoms with Crippen molar-refractivity contribution in [1.29, 1.82) is 0 Å². The molecule has 0 saturated carbocycles. The van der Waals surface area contributed by atoms with Gasteiger partial charge in [0.1, 0.15) is 0 Å². The highest BCUT2D eigenvalue weighted by Gasteiger charge is 2.33. The fourth-order valence-electron chi connectivity index (χ4n) is 6.60. The third kappa shape index (κ3) is 19.3. The molecule has 0 aliphatic rings. The number of aromatic amines is 2. The fourth-order valence-corrected chi connectivity index (χ4v) is 6.60. The molecular weight excluding hydrogens is 699 g/mol. The van der Waals surface area contributed by atoms with Gasteiger partial charge in [-0.3, -0.25) is 28.8 Å². The molecule has 5 atom stereocenters. The normalized spacial score (nSPS) is 14.1. The Bertz CT molecular complexity index is 1430. The van der Waals surface area contributed by atoms with Crippen molar-refractivity contribution in [2.24, 2.45) is 17.8 Å². The van der Waals surface area contributed by atoms with Gasteiger partial charge in [-0.25, -0.2) is 9.97 Å². The summed E-state index contributed by atoms with van der Waals surface area (Å²) in [5.41, 5.74) is 1.34. The number of unbranched alkanes of at least 4 members (excludes halogenated alkanes) is 12. The average molecular weight is 768 g/mol. The van der Waals surface area contributed by atoms with E-state index in [0.717, 1.165) is 19.3 Å². The first-order chi connectivity index (χ1) is 26.3. The number of hydrogen-bond acceptors (Lipinski definition) is 8. The highest BCUT2D eigenvalue weighted by molar-refractivity contribution is 5.96. The Morgan fingerprint density at radius 3 is 1.65 bits per heavy atom. The van der Waals surface area contributed by atoms with Gasteiger partial charge in [0.25, 0.3) is 0 Å². The summed E-state index contributed by atoms with van der Waals surface area (Å²) < 4.78 is 0. The molecule has 0 radical (unpaired) electrons. The number of carbonyl (C=O) groups is 6. The summed E-state index contributed by atoms with van der Waals surface area (Å²) in [4.78, 5) is 92.6. The quantitative estimate of drug-likeness (QED) is 0.0552. The Hall–Kier alpha value is -4.16. The second-order valence-corrected chi connectivity index (χ2v) is 15.7. The Labute approximate surface area is 328 Å². The molecule has 13 heteroatoms. The summed E-state index contributed by atoms with van der Waals surface area (Å²) >= 11 is 0. The molecular formula is C42H69N7O6. The van der Waals surface area contributed by atoms with Crippen LogP contribution in [0.3, 0.4) is 0 Å². The minimum atomic E-state index is -0.909. The number of Topliss-reactive ketones (excluding diaryl/α,β-unsaturated/α-hetero) is 3. The zero-order valence-electron chi connectivity index (χ0n) is 34.3. The van der Waals surface area contributed by atoms with E-state index < -0.39 is 41.8 Å². The van der Waals surface area contributed by atoms with Crippen molar-refractivity contribution in [2.75, 3.05) is 0 Å². The van der Waals surface area contributed by atoms with E-state index in [1.165, 1.54) is 83.8 Å². The van der Waals surface area contributed by atoms with Gasteiger partial charge in [0.15, 0.2) is 17.3 Å². The highest BCUT2D eigenvalue weighted by atomic mass is 16.2. The van der Waals surface area contributed by atoms with Crippen molar-refractivity contribution < 1.29 is 28.8 Å². The topological polar surface area (TPSA) is 196 Å². The first-order valence-electron chi connectivity index (χ1n) is 20.7. The molecule has 13 nitrogen and oxygen atoms in total. The molecule has 0 saturated heterocycles. The number of carbonyl (C=O) groups excluding carboxylic acids is 6. The van der Waals surface area contributed by atoms with Crippen molar-refractivity contribution >= 4 is 35.1 Å². The van der Waals surface area contributed by atoms with Gasteiger partial charge in [-0.2, -0.15) is 0 Å². The lowest BCUT2D eigenvalue weighted by Gasteiger charge is -2.26. The number of H-pyrrole nitrogens is 2. The summed E-state index contributed by atoms with van der Waals surface area (Å²) in [6.45, 7) is 10.4. The van der Waals surface area contributed by atoms with Gasteiger partial charge in [-0.05, 0) is 26.2 Å². The predicted molar refractivity (Wildman–Crippen MR) is 214 cm³/mol. The molecule has 0 spiro atoms. The largest absolute Gasteiger partial charge is 0.348 e. The molecule has 2 heterocycles. The molecule has 2 rings (SSSR count). The first kappa shape index (κ1) is 47.0. The van der Waals surface area contributed by atoms with Gasteiger partial charge < -0.3 is 25.9 Å². The fraction of sp³-hybridized carbons (Fsp3) is 0.714. The van der Waals surface area contributed by atoms with Gasteiger partial charge in [0, 0.05) is 61.8 Å². The zero-order chi connectivity index (χ0) is 40.6. The third-order valence-corrected chi connectivity index (χ3v) is 10.3. The number of nitrogens with zero attached hydrogens (tertiary/aromatic N) is 2. The summed E-state index contributed by atoms with van der Waals surface area (Å²) in [5.74, 6) is -3.86. The van der Waals surface area contributed by atoms with Crippen LogP contribution in [0.1, 0.15) is 156 Å². The molecule has 0 aromatic carbocycles. The molecule has 0 aliphatic carbocycles. The Kier molecular flexibility index (Phi) is 22.7. The number of imidazole rings is 2. The lowest BCUT2D eigenvalue weighted by Crippen LogP contribution is -2.49. The lowest BCUT2D eigenvalue weighted by molar-refractivity contribution is -0.135. The molecule has 308 valence electrons. The number of aromatic nitrogens is 4. The van der Waals surface area contributed by atoms with Crippen LogP contribution in [-0.4, -0.2) is 73.1 Å². The van der Waals surface area contributed by atoms with E-state index in [9.17, 15) is 28.8 Å². The van der Waals surface area contributed by atoms with Gasteiger partial charge in [0.05, 0.1) is 36.7 Å². The maximum absolute atomic E-state index is 13.7. The minimum absolute atomic E-state index is 0.142. The zero-order valence-corrected chi connectivity index (χ0v) is 34.3. The van der Waals surface area contributed by atoms with Crippen molar-refractivity contribution in [3.8, 4) is 0 Å². The summed E-state index contributed by atoms with van der Waals surface area (Å²) in [5, 5.41) is 8.41. The predicted octanol–water partition coefficient (Wildman–Crippen LogP) is 6.29. The van der Waals surface area contributed by atoms with Crippen LogP contribution >= 0.6 is 0 Å². The number of hydrogen-bond donors (Lipinski definition) is 5. The Morgan fingerprint density at radius 2 is 1.16 bits per heavy atom. The lowest BCUT2D eigenvalue weighted by atomic mass is 9.88. The SMILES string of the molecule is CCCCCCCCCCCCCCCC(=O)N[C@H](Cc1cnc[nH]1)C(=O)C[C@@H](C)C(=O)N[C@H](C(=O)C[C@@H](Cc1cnc[nH]1)C(=O)N[C@@H](C)C(C)=O)C(C)C. The van der Waals surface area contributed by atoms with Crippen LogP contribution in [0.15, 0.2) is 25.0 Å². The number of nitrogens with one attached hydrogen (secondary N) is 5. The molecule has 5 N–H and O–H groups in total. The van der Waals surface area contributed by atoms with E-state index >= 15 is 0 Å². The molecule has 2 aromatic rings. The molecule has 3 amide bonds. The first-order valence-corrected chi connectivity index (χ1v) is 20.7. The van der Waals surface area contributed by atoms with Gasteiger partial charge in [0.2, 0.25) is 17.7 Å². The van der Waals surface area contributed by atoms with E-state index in [1.807, 2.05) is 0 Å². The summed E-state index contributed by atoms with van der Waals surface area (Å²) in [7, 11) is 0. The minimum Gasteiger partial charge on any atom is -0.348 e. The van der Waals surface area contributed by atoms with Gasteiger partial charge in [-0.1, -0.05) is 105 Å². The van der Waals surface area contributed by atoms with Crippen LogP contribution in [-0.2, 0) is 41.6 Å². The monoisotopic (exact) mass is 768 g/mol. The molecule has 0 aliphatic heterocycles. The molecule has 2 aromatic heterocycles. The summed E-state index contributed by atoms with van der Waals surface area (Å²) in [6, 6.07) is -2.47. The van der Waals surface area contributed by atoms with Crippen molar-refractivity contribution in [3.05, 3.63) is 36.4 Å². The average Bonchev–Trinajstić information content (AvgIpc) is 3.86. The van der Waals surface area contributed by atoms with E-state index in [4.69, 9.17) is 0 Å². The van der Waals surface area contributed by atoms with Crippen molar-refractivity contribution in [2.45, 2.75) is 175 Å². The third-order valence-electron chi connectivity index (χ3n) is 10.3. The molecule has 0 bridgehead atoms. The molecule has 0 unspecified atom stereocenters. The maximum atomic E-state index is 13.7. The van der Waals surface area contributed by atoms with Crippen molar-refractivity contribution in [3.63, 3.8) is 0 Å². The Morgan fingerprint density at radius 1 is 0.636 bits per heavy atom.